The zero-order chi connectivity index (χ0) is 19.3. The molecule has 27 heavy (non-hydrogen) atoms. The lowest BCUT2D eigenvalue weighted by molar-refractivity contribution is 0.0893. The molecule has 0 radical (unpaired) electrons. The fraction of sp³-hybridized carbons (Fsp3) is 0.400. The van der Waals surface area contributed by atoms with Gasteiger partial charge in [0.2, 0.25) is 5.91 Å². The van der Waals surface area contributed by atoms with Crippen LogP contribution in [-0.2, 0) is 6.42 Å². The van der Waals surface area contributed by atoms with Crippen LogP contribution in [-0.4, -0.2) is 27.5 Å². The van der Waals surface area contributed by atoms with E-state index in [2.05, 4.69) is 27.3 Å². The minimum atomic E-state index is -0.636. The number of carbonyl (C=O) groups excluding carboxylic acids is 2. The summed E-state index contributed by atoms with van der Waals surface area (Å²) in [6.07, 6.45) is 8.24. The number of nitrogens with zero attached hydrogens (tertiary/aromatic N) is 2. The van der Waals surface area contributed by atoms with Gasteiger partial charge in [-0.2, -0.15) is 0 Å². The zero-order valence-electron chi connectivity index (χ0n) is 15.2. The van der Waals surface area contributed by atoms with Gasteiger partial charge in [0.25, 0.3) is 5.91 Å². The quantitative estimate of drug-likeness (QED) is 0.806. The predicted octanol–water partition coefficient (Wildman–Crippen LogP) is 2.22. The molecule has 2 heterocycles. The van der Waals surface area contributed by atoms with Gasteiger partial charge in [0.05, 0.1) is 5.56 Å². The van der Waals surface area contributed by atoms with E-state index in [0.717, 1.165) is 32.1 Å². The number of rotatable bonds is 4. The smallest absolute Gasteiger partial charge is 0.274 e. The Labute approximate surface area is 157 Å². The topological polar surface area (TPSA) is 111 Å². The Kier molecular flexibility index (Phi) is 5.55. The number of aromatic nitrogens is 2. The lowest BCUT2D eigenvalue weighted by atomic mass is 9.82. The van der Waals surface area contributed by atoms with Crippen molar-refractivity contribution in [2.45, 2.75) is 51.0 Å². The lowest BCUT2D eigenvalue weighted by Gasteiger charge is -2.33. The van der Waals surface area contributed by atoms with Gasteiger partial charge in [0, 0.05) is 30.4 Å². The second-order valence-corrected chi connectivity index (χ2v) is 6.71. The molecule has 0 aliphatic heterocycles. The van der Waals surface area contributed by atoms with Crippen molar-refractivity contribution < 1.29 is 14.1 Å². The number of nitrogens with one attached hydrogen (secondary N) is 1. The Bertz CT molecular complexity index is 901. The standard InChI is InChI=1S/C20H22N4O3/c1-2-16-11-17(24-27-16)19(26)23-20(7-4-3-5-8-20)9-6-14-10-15(18(21)25)13-22-12-14/h10-13H,2-5,7-8H2,1H3,(H2,21,25)(H,23,26). The van der Waals surface area contributed by atoms with Crippen LogP contribution < -0.4 is 11.1 Å². The molecule has 1 fully saturated rings. The third kappa shape index (κ3) is 4.53. The fourth-order valence-electron chi connectivity index (χ4n) is 3.14. The number of nitrogens with two attached hydrogens (primary N) is 1. The van der Waals surface area contributed by atoms with Gasteiger partial charge in [0.15, 0.2) is 5.69 Å². The molecule has 1 aliphatic rings. The van der Waals surface area contributed by atoms with E-state index in [-0.39, 0.29) is 11.6 Å². The minimum absolute atomic E-state index is 0.260. The van der Waals surface area contributed by atoms with Gasteiger partial charge >= 0.3 is 0 Å². The first-order valence-electron chi connectivity index (χ1n) is 9.07. The molecule has 1 saturated carbocycles. The van der Waals surface area contributed by atoms with Crippen LogP contribution in [0.25, 0.3) is 0 Å². The largest absolute Gasteiger partial charge is 0.366 e. The molecule has 0 unspecified atom stereocenters. The molecule has 3 rings (SSSR count). The maximum Gasteiger partial charge on any atom is 0.274 e. The molecular weight excluding hydrogens is 344 g/mol. The molecule has 7 heteroatoms. The Morgan fingerprint density at radius 3 is 2.70 bits per heavy atom. The molecule has 7 nitrogen and oxygen atoms in total. The fourth-order valence-corrected chi connectivity index (χ4v) is 3.14. The van der Waals surface area contributed by atoms with E-state index in [1.54, 1.807) is 18.3 Å². The molecule has 0 bridgehead atoms. The summed E-state index contributed by atoms with van der Waals surface area (Å²) in [5, 5.41) is 6.88. The number of hydrogen-bond donors (Lipinski definition) is 2. The number of primary amides is 1. The summed E-state index contributed by atoms with van der Waals surface area (Å²) in [7, 11) is 0. The molecule has 140 valence electrons. The highest BCUT2D eigenvalue weighted by atomic mass is 16.5. The summed E-state index contributed by atoms with van der Waals surface area (Å²) in [5.74, 6) is 6.07. The molecule has 2 aromatic rings. The molecule has 0 aromatic carbocycles. The summed E-state index contributed by atoms with van der Waals surface area (Å²) in [6, 6.07) is 3.26. The van der Waals surface area contributed by atoms with E-state index in [1.807, 2.05) is 6.92 Å². The van der Waals surface area contributed by atoms with Gasteiger partial charge in [-0.1, -0.05) is 43.2 Å². The summed E-state index contributed by atoms with van der Waals surface area (Å²) < 4.78 is 5.12. The van der Waals surface area contributed by atoms with E-state index in [1.165, 1.54) is 6.20 Å². The Morgan fingerprint density at radius 2 is 2.04 bits per heavy atom. The van der Waals surface area contributed by atoms with Crippen LogP contribution >= 0.6 is 0 Å². The van der Waals surface area contributed by atoms with Gasteiger partial charge in [-0.3, -0.25) is 14.6 Å². The molecule has 0 atom stereocenters. The first kappa shape index (κ1) is 18.6. The normalized spacial score (nSPS) is 15.4. The van der Waals surface area contributed by atoms with Crippen LogP contribution in [0, 0.1) is 11.8 Å². The van der Waals surface area contributed by atoms with Crippen LogP contribution in [0.15, 0.2) is 29.0 Å². The predicted molar refractivity (Wildman–Crippen MR) is 98.8 cm³/mol. The van der Waals surface area contributed by atoms with Crippen molar-refractivity contribution in [3.63, 3.8) is 0 Å². The highest BCUT2D eigenvalue weighted by molar-refractivity contribution is 5.93. The maximum atomic E-state index is 12.6. The van der Waals surface area contributed by atoms with Crippen LogP contribution in [0.4, 0.5) is 0 Å². The monoisotopic (exact) mass is 366 g/mol. The first-order valence-corrected chi connectivity index (χ1v) is 9.07. The average Bonchev–Trinajstić information content (AvgIpc) is 3.17. The second kappa shape index (κ2) is 8.04. The number of amides is 2. The van der Waals surface area contributed by atoms with Crippen molar-refractivity contribution in [2.75, 3.05) is 0 Å². The van der Waals surface area contributed by atoms with Crippen LogP contribution in [0.2, 0.25) is 0 Å². The second-order valence-electron chi connectivity index (χ2n) is 6.71. The molecule has 0 saturated heterocycles. The van der Waals surface area contributed by atoms with Crippen molar-refractivity contribution in [3.05, 3.63) is 47.1 Å². The number of hydrogen-bond acceptors (Lipinski definition) is 5. The average molecular weight is 366 g/mol. The molecule has 2 amide bonds. The first-order chi connectivity index (χ1) is 13.0. The van der Waals surface area contributed by atoms with E-state index < -0.39 is 11.4 Å². The molecular formula is C20H22N4O3. The van der Waals surface area contributed by atoms with Gasteiger partial charge in [-0.15, -0.1) is 0 Å². The number of pyridine rings is 1. The third-order valence-electron chi connectivity index (χ3n) is 4.67. The van der Waals surface area contributed by atoms with Crippen molar-refractivity contribution in [3.8, 4) is 11.8 Å². The van der Waals surface area contributed by atoms with E-state index in [4.69, 9.17) is 10.3 Å². The summed E-state index contributed by atoms with van der Waals surface area (Å²) in [6.45, 7) is 1.94. The number of aryl methyl sites for hydroxylation is 1. The SMILES string of the molecule is CCc1cc(C(=O)NC2(C#Cc3cncc(C(N)=O)c3)CCCCC2)no1. The maximum absolute atomic E-state index is 12.6. The van der Waals surface area contributed by atoms with E-state index in [0.29, 0.717) is 23.3 Å². The van der Waals surface area contributed by atoms with E-state index >= 15 is 0 Å². The van der Waals surface area contributed by atoms with E-state index in [9.17, 15) is 9.59 Å². The van der Waals surface area contributed by atoms with Gasteiger partial charge in [-0.05, 0) is 18.9 Å². The molecule has 2 aromatic heterocycles. The van der Waals surface area contributed by atoms with Crippen molar-refractivity contribution >= 4 is 11.8 Å². The van der Waals surface area contributed by atoms with Crippen LogP contribution in [0.1, 0.15) is 71.2 Å². The number of carbonyl (C=O) groups is 2. The van der Waals surface area contributed by atoms with Gasteiger partial charge < -0.3 is 15.6 Å². The highest BCUT2D eigenvalue weighted by Gasteiger charge is 2.33. The van der Waals surface area contributed by atoms with Crippen LogP contribution in [0.3, 0.4) is 0 Å². The third-order valence-corrected chi connectivity index (χ3v) is 4.67. The summed E-state index contributed by atoms with van der Waals surface area (Å²) in [5.41, 5.74) is 5.80. The van der Waals surface area contributed by atoms with Crippen molar-refractivity contribution in [1.29, 1.82) is 0 Å². The lowest BCUT2D eigenvalue weighted by Crippen LogP contribution is -2.48. The highest BCUT2D eigenvalue weighted by Crippen LogP contribution is 2.28. The summed E-state index contributed by atoms with van der Waals surface area (Å²) in [4.78, 5) is 27.9. The summed E-state index contributed by atoms with van der Waals surface area (Å²) >= 11 is 0. The minimum Gasteiger partial charge on any atom is -0.366 e. The van der Waals surface area contributed by atoms with Crippen molar-refractivity contribution in [1.82, 2.24) is 15.5 Å². The molecule has 0 spiro atoms. The molecule has 1 aliphatic carbocycles. The van der Waals surface area contributed by atoms with Crippen LogP contribution in [0.5, 0.6) is 0 Å². The Morgan fingerprint density at radius 1 is 1.26 bits per heavy atom. The van der Waals surface area contributed by atoms with Crippen molar-refractivity contribution in [2.24, 2.45) is 5.73 Å². The molecule has 3 N–H and O–H groups in total. The Hall–Kier alpha value is -3.14. The zero-order valence-corrected chi connectivity index (χ0v) is 15.2. The van der Waals surface area contributed by atoms with Gasteiger partial charge in [-0.25, -0.2) is 0 Å². The Balaban J connectivity index is 1.84. The van der Waals surface area contributed by atoms with Gasteiger partial charge in [0.1, 0.15) is 11.3 Å².